The molecule has 1 aliphatic carbocycles. The molecule has 1 saturated carbocycles. The lowest BCUT2D eigenvalue weighted by atomic mass is 10.0. The molecular formula is C22H23N9O5S3. The lowest BCUT2D eigenvalue weighted by Gasteiger charge is -2.49. The van der Waals surface area contributed by atoms with Crippen molar-refractivity contribution in [2.75, 3.05) is 17.2 Å². The Kier molecular flexibility index (Phi) is 8.04. The highest BCUT2D eigenvalue weighted by molar-refractivity contribution is 8.01. The second-order valence-corrected chi connectivity index (χ2v) is 11.7. The van der Waals surface area contributed by atoms with Crippen LogP contribution in [0.4, 0.5) is 5.13 Å². The summed E-state index contributed by atoms with van der Waals surface area (Å²) in [6, 6.07) is -0.943. The van der Waals surface area contributed by atoms with Crippen LogP contribution in [0.3, 0.4) is 0 Å². The smallest absolute Gasteiger partial charge is 0.352 e. The van der Waals surface area contributed by atoms with Gasteiger partial charge in [-0.25, -0.2) is 14.5 Å². The van der Waals surface area contributed by atoms with Crippen LogP contribution >= 0.6 is 34.9 Å². The molecule has 0 radical (unpaired) electrons. The van der Waals surface area contributed by atoms with Gasteiger partial charge in [0.1, 0.15) is 35.5 Å². The number of anilines is 1. The second-order valence-electron chi connectivity index (χ2n) is 8.75. The van der Waals surface area contributed by atoms with Gasteiger partial charge in [0, 0.05) is 16.9 Å². The summed E-state index contributed by atoms with van der Waals surface area (Å²) in [4.78, 5) is 49.5. The van der Waals surface area contributed by atoms with Crippen LogP contribution in [-0.2, 0) is 25.8 Å². The number of nitrogens with zero attached hydrogens (tertiary/aromatic N) is 7. The van der Waals surface area contributed by atoms with Crippen LogP contribution in [0.5, 0.6) is 0 Å². The molecule has 5 rings (SSSR count). The number of hydrogen-bond donors (Lipinski definition) is 3. The highest BCUT2D eigenvalue weighted by Gasteiger charge is 2.54. The fourth-order valence-corrected chi connectivity index (χ4v) is 7.27. The summed E-state index contributed by atoms with van der Waals surface area (Å²) >= 11 is 3.73. The maximum absolute atomic E-state index is 13.2. The van der Waals surface area contributed by atoms with Crippen molar-refractivity contribution in [1.82, 2.24) is 35.4 Å². The van der Waals surface area contributed by atoms with Crippen LogP contribution in [0.15, 0.2) is 27.0 Å². The number of rotatable bonds is 10. The number of thiazole rings is 1. The van der Waals surface area contributed by atoms with E-state index in [1.807, 2.05) is 0 Å². The first-order valence-corrected chi connectivity index (χ1v) is 14.8. The first kappa shape index (κ1) is 27.0. The number of carbonyl (C=O) groups is 3. The number of aromatic nitrogens is 5. The van der Waals surface area contributed by atoms with E-state index in [9.17, 15) is 19.5 Å². The zero-order chi connectivity index (χ0) is 27.5. The number of nitrogens with one attached hydrogen (secondary N) is 1. The molecule has 2 aromatic rings. The van der Waals surface area contributed by atoms with Crippen molar-refractivity contribution in [3.63, 3.8) is 0 Å². The van der Waals surface area contributed by atoms with E-state index in [-0.39, 0.29) is 40.6 Å². The van der Waals surface area contributed by atoms with Crippen LogP contribution in [0, 0.1) is 12.3 Å². The highest BCUT2D eigenvalue weighted by atomic mass is 32.2. The second kappa shape index (κ2) is 11.6. The summed E-state index contributed by atoms with van der Waals surface area (Å²) in [5.74, 6) is 0.603. The first-order chi connectivity index (χ1) is 18.9. The Hall–Kier alpha value is -3.62. The van der Waals surface area contributed by atoms with E-state index in [2.05, 4.69) is 36.9 Å². The third kappa shape index (κ3) is 5.58. The van der Waals surface area contributed by atoms with Crippen molar-refractivity contribution >= 4 is 63.5 Å². The van der Waals surface area contributed by atoms with Gasteiger partial charge in [0.2, 0.25) is 5.16 Å². The average Bonchev–Trinajstić information content (AvgIpc) is 3.69. The molecule has 0 aromatic carbocycles. The van der Waals surface area contributed by atoms with Gasteiger partial charge in [-0.3, -0.25) is 14.5 Å². The van der Waals surface area contributed by atoms with E-state index in [4.69, 9.17) is 17.0 Å². The maximum atomic E-state index is 13.2. The molecule has 1 saturated heterocycles. The maximum Gasteiger partial charge on any atom is 0.352 e. The lowest BCUT2D eigenvalue weighted by Crippen LogP contribution is -2.71. The number of β-lactam (4-membered cyclic amide) rings is 1. The fourth-order valence-electron chi connectivity index (χ4n) is 4.36. The summed E-state index contributed by atoms with van der Waals surface area (Å²) in [6.07, 6.45) is 8.98. The standard InChI is InChI=1S/C22H23N9O5S3/c1-2-7-30-22(26-28-29-30)39-9-11-8-37-19-15(18(33)31(19)16(11)20(34)35)25-17(32)14(13-10-38-21(23)24-13)27-36-12-5-3-4-6-12/h1,10,12,15,19H,3-9H2,(H2,23,24)(H,25,32)(H,34,35)/t15?,19-/m1/s1. The van der Waals surface area contributed by atoms with Crippen LogP contribution in [0.2, 0.25) is 0 Å². The summed E-state index contributed by atoms with van der Waals surface area (Å²) in [6.45, 7) is 0.174. The minimum atomic E-state index is -1.23. The van der Waals surface area contributed by atoms with Crippen molar-refractivity contribution in [2.45, 2.75) is 54.9 Å². The molecule has 17 heteroatoms. The van der Waals surface area contributed by atoms with Gasteiger partial charge in [-0.05, 0) is 41.7 Å². The Balaban J connectivity index is 1.30. The normalized spacial score (nSPS) is 21.4. The number of nitrogen functional groups attached to an aromatic ring is 1. The predicted octanol–water partition coefficient (Wildman–Crippen LogP) is 0.539. The topological polar surface area (TPSA) is 191 Å². The molecule has 0 spiro atoms. The lowest BCUT2D eigenvalue weighted by molar-refractivity contribution is -0.150. The number of thioether (sulfide) groups is 2. The molecule has 3 aliphatic rings. The number of carbonyl (C=O) groups excluding carboxylic acids is 2. The molecule has 2 atom stereocenters. The van der Waals surface area contributed by atoms with Crippen molar-refractivity contribution in [3.8, 4) is 12.3 Å². The minimum absolute atomic E-state index is 0.0855. The van der Waals surface area contributed by atoms with Crippen molar-refractivity contribution in [2.24, 2.45) is 5.16 Å². The number of hydrogen-bond acceptors (Lipinski definition) is 13. The molecule has 4 N–H and O–H groups in total. The molecule has 2 aliphatic heterocycles. The number of fused-ring (bicyclic) bond motifs is 1. The predicted molar refractivity (Wildman–Crippen MR) is 143 cm³/mol. The molecule has 2 aromatic heterocycles. The van der Waals surface area contributed by atoms with Crippen molar-refractivity contribution < 1.29 is 24.3 Å². The van der Waals surface area contributed by atoms with Gasteiger partial charge in [0.05, 0.1) is 0 Å². The number of carboxylic acids is 1. The first-order valence-electron chi connectivity index (χ1n) is 11.9. The SMILES string of the molecule is C#CCn1nnnc1SCC1=C(C(=O)O)N2C(=O)C(NC(=O)C(=NOC3CCCC3)c3csc(N)n3)[C@H]2SC1. The van der Waals surface area contributed by atoms with Crippen LogP contribution < -0.4 is 11.1 Å². The van der Waals surface area contributed by atoms with E-state index in [0.29, 0.717) is 16.5 Å². The molecule has 39 heavy (non-hydrogen) atoms. The van der Waals surface area contributed by atoms with E-state index < -0.39 is 29.2 Å². The van der Waals surface area contributed by atoms with E-state index in [1.54, 1.807) is 5.38 Å². The van der Waals surface area contributed by atoms with Gasteiger partial charge in [0.15, 0.2) is 10.8 Å². The van der Waals surface area contributed by atoms with Gasteiger partial charge in [0.25, 0.3) is 11.8 Å². The molecule has 4 heterocycles. The van der Waals surface area contributed by atoms with E-state index in [1.165, 1.54) is 33.1 Å². The molecule has 2 amide bonds. The number of oxime groups is 1. The third-order valence-corrected chi connectivity index (χ3v) is 9.28. The summed E-state index contributed by atoms with van der Waals surface area (Å²) in [5.41, 5.74) is 6.33. The number of aliphatic carboxylic acids is 1. The van der Waals surface area contributed by atoms with Gasteiger partial charge < -0.3 is 21.0 Å². The number of amides is 2. The van der Waals surface area contributed by atoms with Gasteiger partial charge in [-0.1, -0.05) is 22.8 Å². The van der Waals surface area contributed by atoms with Gasteiger partial charge in [-0.15, -0.1) is 34.6 Å². The summed E-state index contributed by atoms with van der Waals surface area (Å²) < 4.78 is 1.43. The zero-order valence-electron chi connectivity index (χ0n) is 20.3. The minimum Gasteiger partial charge on any atom is -0.477 e. The number of carboxylic acid groups (broad SMARTS) is 1. The Morgan fingerprint density at radius 1 is 1.38 bits per heavy atom. The zero-order valence-corrected chi connectivity index (χ0v) is 22.8. The quantitative estimate of drug-likeness (QED) is 0.115. The van der Waals surface area contributed by atoms with Crippen molar-refractivity contribution in [3.05, 3.63) is 22.3 Å². The third-order valence-electron chi connectivity index (χ3n) is 6.23. The van der Waals surface area contributed by atoms with Crippen LogP contribution in [0.1, 0.15) is 31.4 Å². The number of nitrogens with two attached hydrogens (primary N) is 1. The Bertz CT molecular complexity index is 1390. The molecule has 14 nitrogen and oxygen atoms in total. The van der Waals surface area contributed by atoms with E-state index in [0.717, 1.165) is 37.0 Å². The monoisotopic (exact) mass is 589 g/mol. The Labute approximate surface area is 234 Å². The largest absolute Gasteiger partial charge is 0.477 e. The summed E-state index contributed by atoms with van der Waals surface area (Å²) in [7, 11) is 0. The number of terminal acetylenes is 1. The van der Waals surface area contributed by atoms with Crippen LogP contribution in [-0.4, -0.2) is 87.7 Å². The molecule has 2 fully saturated rings. The molecule has 1 unspecified atom stereocenters. The summed E-state index contributed by atoms with van der Waals surface area (Å²) in [5, 5.41) is 29.7. The Morgan fingerprint density at radius 2 is 2.18 bits per heavy atom. The van der Waals surface area contributed by atoms with Gasteiger partial charge >= 0.3 is 5.97 Å². The number of tetrazole rings is 1. The Morgan fingerprint density at radius 3 is 2.87 bits per heavy atom. The van der Waals surface area contributed by atoms with Crippen molar-refractivity contribution in [1.29, 1.82) is 0 Å². The van der Waals surface area contributed by atoms with E-state index >= 15 is 0 Å². The fraction of sp³-hybridized carbons (Fsp3) is 0.455. The molecule has 0 bridgehead atoms. The molecule has 204 valence electrons. The molecular weight excluding hydrogens is 567 g/mol. The average molecular weight is 590 g/mol. The highest BCUT2D eigenvalue weighted by Crippen LogP contribution is 2.41. The van der Waals surface area contributed by atoms with Crippen LogP contribution in [0.25, 0.3) is 0 Å². The van der Waals surface area contributed by atoms with Gasteiger partial charge in [-0.2, -0.15) is 0 Å².